The quantitative estimate of drug-likeness (QED) is 0.657. The van der Waals surface area contributed by atoms with E-state index in [1.807, 2.05) is 0 Å². The van der Waals surface area contributed by atoms with Crippen LogP contribution in [-0.4, -0.2) is 15.9 Å². The first-order valence-corrected chi connectivity index (χ1v) is 6.63. The Labute approximate surface area is 107 Å². The molecule has 0 radical (unpaired) electrons. The molecule has 1 aromatic rings. The third kappa shape index (κ3) is 3.42. The highest BCUT2D eigenvalue weighted by atomic mass is 16.6. The first kappa shape index (κ1) is 12.8. The molecule has 0 bridgehead atoms. The highest BCUT2D eigenvalue weighted by Gasteiger charge is 2.18. The van der Waals surface area contributed by atoms with Crippen LogP contribution in [0.2, 0.25) is 0 Å². The number of nitrogens with zero attached hydrogens (tertiary/aromatic N) is 2. The molecule has 98 valence electrons. The van der Waals surface area contributed by atoms with E-state index in [1.165, 1.54) is 38.2 Å². The summed E-state index contributed by atoms with van der Waals surface area (Å²) in [4.78, 5) is 14.6. The van der Waals surface area contributed by atoms with Gasteiger partial charge >= 0.3 is 5.69 Å². The van der Waals surface area contributed by atoms with Crippen molar-refractivity contribution < 1.29 is 4.92 Å². The van der Waals surface area contributed by atoms with Crippen LogP contribution in [0, 0.1) is 10.1 Å². The average Bonchev–Trinajstić information content (AvgIpc) is 2.33. The molecule has 1 aliphatic rings. The molecule has 5 nitrogen and oxygen atoms in total. The minimum absolute atomic E-state index is 0.0690. The Morgan fingerprint density at radius 1 is 1.22 bits per heavy atom. The highest BCUT2D eigenvalue weighted by molar-refractivity contribution is 5.55. The molecule has 0 atom stereocenters. The van der Waals surface area contributed by atoms with Gasteiger partial charge in [-0.05, 0) is 18.9 Å². The fourth-order valence-corrected chi connectivity index (χ4v) is 2.45. The number of anilines is 1. The lowest BCUT2D eigenvalue weighted by atomic mass is 9.97. The molecule has 1 saturated carbocycles. The lowest BCUT2D eigenvalue weighted by Gasteiger charge is -2.21. The lowest BCUT2D eigenvalue weighted by molar-refractivity contribution is -0.384. The molecular formula is C13H19N3O2. The summed E-state index contributed by atoms with van der Waals surface area (Å²) in [5.74, 6) is 0.410. The van der Waals surface area contributed by atoms with Crippen molar-refractivity contribution in [3.05, 3.63) is 28.4 Å². The van der Waals surface area contributed by atoms with Crippen LogP contribution < -0.4 is 5.32 Å². The van der Waals surface area contributed by atoms with Crippen molar-refractivity contribution in [2.75, 3.05) is 5.32 Å². The standard InChI is InChI=1S/C13H19N3O2/c17-16(18)12-9-6-10-14-13(12)15-11-7-4-2-1-3-5-8-11/h6,9-11H,1-5,7-8H2,(H,14,15). The van der Waals surface area contributed by atoms with Gasteiger partial charge in [-0.2, -0.15) is 0 Å². The second-order valence-corrected chi connectivity index (χ2v) is 4.81. The van der Waals surface area contributed by atoms with Crippen LogP contribution >= 0.6 is 0 Å². The summed E-state index contributed by atoms with van der Waals surface area (Å²) in [5, 5.41) is 14.2. The predicted octanol–water partition coefficient (Wildman–Crippen LogP) is 3.51. The third-order valence-corrected chi connectivity index (χ3v) is 3.43. The zero-order valence-electron chi connectivity index (χ0n) is 10.5. The molecule has 0 saturated heterocycles. The van der Waals surface area contributed by atoms with Crippen molar-refractivity contribution in [2.45, 2.75) is 51.0 Å². The van der Waals surface area contributed by atoms with Crippen LogP contribution in [0.5, 0.6) is 0 Å². The van der Waals surface area contributed by atoms with E-state index in [0.29, 0.717) is 11.9 Å². The number of pyridine rings is 1. The van der Waals surface area contributed by atoms with Crippen molar-refractivity contribution >= 4 is 11.5 Å². The van der Waals surface area contributed by atoms with Crippen LogP contribution in [0.3, 0.4) is 0 Å². The summed E-state index contributed by atoms with van der Waals surface area (Å²) < 4.78 is 0. The van der Waals surface area contributed by atoms with Gasteiger partial charge in [0.15, 0.2) is 0 Å². The van der Waals surface area contributed by atoms with Crippen molar-refractivity contribution in [3.63, 3.8) is 0 Å². The average molecular weight is 249 g/mol. The van der Waals surface area contributed by atoms with Crippen molar-refractivity contribution in [1.29, 1.82) is 0 Å². The summed E-state index contributed by atoms with van der Waals surface area (Å²) in [6.07, 6.45) is 9.98. The summed E-state index contributed by atoms with van der Waals surface area (Å²) in [7, 11) is 0. The van der Waals surface area contributed by atoms with E-state index < -0.39 is 0 Å². The molecule has 1 N–H and O–H groups in total. The van der Waals surface area contributed by atoms with Gasteiger partial charge in [-0.3, -0.25) is 10.1 Å². The summed E-state index contributed by atoms with van der Waals surface area (Å²) in [6, 6.07) is 3.42. The van der Waals surface area contributed by atoms with Crippen LogP contribution in [-0.2, 0) is 0 Å². The van der Waals surface area contributed by atoms with Gasteiger partial charge in [0.25, 0.3) is 0 Å². The molecule has 0 aliphatic heterocycles. The number of rotatable bonds is 3. The molecule has 0 spiro atoms. The molecule has 2 rings (SSSR count). The zero-order chi connectivity index (χ0) is 12.8. The Bertz CT molecular complexity index is 401. The van der Waals surface area contributed by atoms with Gasteiger partial charge in [-0.25, -0.2) is 4.98 Å². The fourth-order valence-electron chi connectivity index (χ4n) is 2.45. The second kappa shape index (κ2) is 6.33. The topological polar surface area (TPSA) is 68.1 Å². The minimum atomic E-state index is -0.377. The van der Waals surface area contributed by atoms with E-state index in [0.717, 1.165) is 12.8 Å². The van der Waals surface area contributed by atoms with Crippen molar-refractivity contribution in [1.82, 2.24) is 4.98 Å². The first-order chi connectivity index (χ1) is 8.77. The molecule has 0 unspecified atom stereocenters. The summed E-state index contributed by atoms with van der Waals surface area (Å²) in [6.45, 7) is 0. The van der Waals surface area contributed by atoms with E-state index in [9.17, 15) is 10.1 Å². The zero-order valence-corrected chi connectivity index (χ0v) is 10.5. The lowest BCUT2D eigenvalue weighted by Crippen LogP contribution is -2.21. The minimum Gasteiger partial charge on any atom is -0.362 e. The number of aromatic nitrogens is 1. The number of hydrogen-bond acceptors (Lipinski definition) is 4. The van der Waals surface area contributed by atoms with Gasteiger partial charge in [-0.1, -0.05) is 32.1 Å². The monoisotopic (exact) mass is 249 g/mol. The normalized spacial score (nSPS) is 17.8. The maximum Gasteiger partial charge on any atom is 0.311 e. The molecule has 0 aromatic carbocycles. The van der Waals surface area contributed by atoms with E-state index in [1.54, 1.807) is 12.3 Å². The van der Waals surface area contributed by atoms with Crippen molar-refractivity contribution in [2.24, 2.45) is 0 Å². The van der Waals surface area contributed by atoms with Gasteiger partial charge in [-0.15, -0.1) is 0 Å². The largest absolute Gasteiger partial charge is 0.362 e. The highest BCUT2D eigenvalue weighted by Crippen LogP contribution is 2.25. The summed E-state index contributed by atoms with van der Waals surface area (Å²) >= 11 is 0. The van der Waals surface area contributed by atoms with E-state index in [2.05, 4.69) is 10.3 Å². The third-order valence-electron chi connectivity index (χ3n) is 3.43. The van der Waals surface area contributed by atoms with Gasteiger partial charge in [0.2, 0.25) is 5.82 Å². The Balaban J connectivity index is 2.05. The van der Waals surface area contributed by atoms with Gasteiger partial charge in [0, 0.05) is 18.3 Å². The number of nitro groups is 1. The second-order valence-electron chi connectivity index (χ2n) is 4.81. The maximum absolute atomic E-state index is 10.9. The molecule has 1 heterocycles. The van der Waals surface area contributed by atoms with Crippen LogP contribution in [0.4, 0.5) is 11.5 Å². The maximum atomic E-state index is 10.9. The van der Waals surface area contributed by atoms with Crippen LogP contribution in [0.1, 0.15) is 44.9 Å². The Kier molecular flexibility index (Phi) is 4.50. The molecule has 1 fully saturated rings. The predicted molar refractivity (Wildman–Crippen MR) is 70.6 cm³/mol. The van der Waals surface area contributed by atoms with Crippen LogP contribution in [0.15, 0.2) is 18.3 Å². The molecule has 1 aliphatic carbocycles. The molecule has 1 aromatic heterocycles. The first-order valence-electron chi connectivity index (χ1n) is 6.63. The SMILES string of the molecule is O=[N+]([O-])c1cccnc1NC1CCCCCCC1. The Hall–Kier alpha value is -1.65. The molecule has 18 heavy (non-hydrogen) atoms. The molecular weight excluding hydrogens is 230 g/mol. The smallest absolute Gasteiger partial charge is 0.311 e. The van der Waals surface area contributed by atoms with Crippen molar-refractivity contribution in [3.8, 4) is 0 Å². The van der Waals surface area contributed by atoms with Gasteiger partial charge in [0.05, 0.1) is 4.92 Å². The Morgan fingerprint density at radius 2 is 1.89 bits per heavy atom. The Morgan fingerprint density at radius 3 is 2.56 bits per heavy atom. The molecule has 0 amide bonds. The molecule has 5 heteroatoms. The van der Waals surface area contributed by atoms with Gasteiger partial charge in [0.1, 0.15) is 0 Å². The van der Waals surface area contributed by atoms with E-state index in [-0.39, 0.29) is 10.6 Å². The fraction of sp³-hybridized carbons (Fsp3) is 0.615. The number of hydrogen-bond donors (Lipinski definition) is 1. The van der Waals surface area contributed by atoms with Gasteiger partial charge < -0.3 is 5.32 Å². The van der Waals surface area contributed by atoms with E-state index >= 15 is 0 Å². The summed E-state index contributed by atoms with van der Waals surface area (Å²) in [5.41, 5.74) is 0.0690. The van der Waals surface area contributed by atoms with E-state index in [4.69, 9.17) is 0 Å². The number of nitrogens with one attached hydrogen (secondary N) is 1. The van der Waals surface area contributed by atoms with Crippen LogP contribution in [0.25, 0.3) is 0 Å².